The standard InChI is InChI=1S/C13H9BrN2O/c14-12-4-5-16(13(17)7-12)9-11-3-1-2-10(6-11)8-15/h1-7H,9H2. The first-order valence-electron chi connectivity index (χ1n) is 5.04. The van der Waals surface area contributed by atoms with E-state index in [4.69, 9.17) is 5.26 Å². The van der Waals surface area contributed by atoms with Crippen LogP contribution in [0.3, 0.4) is 0 Å². The van der Waals surface area contributed by atoms with Crippen molar-refractivity contribution >= 4 is 15.9 Å². The van der Waals surface area contributed by atoms with E-state index in [1.807, 2.05) is 18.2 Å². The van der Waals surface area contributed by atoms with Gasteiger partial charge in [0.1, 0.15) is 0 Å². The molecular formula is C13H9BrN2O. The van der Waals surface area contributed by atoms with E-state index in [1.54, 1.807) is 22.9 Å². The topological polar surface area (TPSA) is 45.8 Å². The molecule has 0 aliphatic carbocycles. The van der Waals surface area contributed by atoms with Crippen molar-refractivity contribution in [3.63, 3.8) is 0 Å². The van der Waals surface area contributed by atoms with E-state index in [9.17, 15) is 4.79 Å². The van der Waals surface area contributed by atoms with Gasteiger partial charge in [0.15, 0.2) is 0 Å². The molecular weight excluding hydrogens is 280 g/mol. The molecule has 4 heteroatoms. The Morgan fingerprint density at radius 1 is 1.29 bits per heavy atom. The van der Waals surface area contributed by atoms with Gasteiger partial charge < -0.3 is 4.57 Å². The third kappa shape index (κ3) is 2.83. The molecule has 0 atom stereocenters. The van der Waals surface area contributed by atoms with Gasteiger partial charge in [-0.3, -0.25) is 4.79 Å². The molecule has 17 heavy (non-hydrogen) atoms. The molecule has 0 N–H and O–H groups in total. The SMILES string of the molecule is N#Cc1cccc(Cn2ccc(Br)cc2=O)c1. The maximum atomic E-state index is 11.7. The van der Waals surface area contributed by atoms with Gasteiger partial charge in [-0.05, 0) is 23.8 Å². The third-order valence-electron chi connectivity index (χ3n) is 2.37. The maximum Gasteiger partial charge on any atom is 0.251 e. The first-order chi connectivity index (χ1) is 8.19. The lowest BCUT2D eigenvalue weighted by molar-refractivity contribution is 0.758. The Morgan fingerprint density at radius 2 is 2.12 bits per heavy atom. The fraction of sp³-hybridized carbons (Fsp3) is 0.0769. The summed E-state index contributed by atoms with van der Waals surface area (Å²) in [6, 6.07) is 12.7. The first kappa shape index (κ1) is 11.6. The van der Waals surface area contributed by atoms with Crippen LogP contribution in [0.5, 0.6) is 0 Å². The molecule has 3 nitrogen and oxygen atoms in total. The summed E-state index contributed by atoms with van der Waals surface area (Å²) in [5, 5.41) is 8.79. The molecule has 1 aromatic heterocycles. The molecule has 2 aromatic rings. The first-order valence-corrected chi connectivity index (χ1v) is 5.83. The molecule has 0 bridgehead atoms. The summed E-state index contributed by atoms with van der Waals surface area (Å²) in [5.41, 5.74) is 1.47. The molecule has 0 aliphatic rings. The van der Waals surface area contributed by atoms with Crippen molar-refractivity contribution < 1.29 is 0 Å². The van der Waals surface area contributed by atoms with Crippen LogP contribution in [-0.2, 0) is 6.54 Å². The number of hydrogen-bond acceptors (Lipinski definition) is 2. The predicted octanol–water partition coefficient (Wildman–Crippen LogP) is 2.53. The highest BCUT2D eigenvalue weighted by Gasteiger charge is 1.99. The van der Waals surface area contributed by atoms with Crippen LogP contribution in [0.15, 0.2) is 51.9 Å². The number of aromatic nitrogens is 1. The quantitative estimate of drug-likeness (QED) is 0.852. The summed E-state index contributed by atoms with van der Waals surface area (Å²) >= 11 is 3.25. The van der Waals surface area contributed by atoms with Crippen molar-refractivity contribution in [2.75, 3.05) is 0 Å². The molecule has 0 saturated carbocycles. The van der Waals surface area contributed by atoms with E-state index in [-0.39, 0.29) is 5.56 Å². The van der Waals surface area contributed by atoms with Gasteiger partial charge in [0.05, 0.1) is 18.2 Å². The normalized spacial score (nSPS) is 9.88. The van der Waals surface area contributed by atoms with E-state index in [1.165, 1.54) is 6.07 Å². The zero-order valence-corrected chi connectivity index (χ0v) is 10.5. The lowest BCUT2D eigenvalue weighted by atomic mass is 10.1. The van der Waals surface area contributed by atoms with Crippen LogP contribution in [0.2, 0.25) is 0 Å². The van der Waals surface area contributed by atoms with Crippen LogP contribution in [-0.4, -0.2) is 4.57 Å². The van der Waals surface area contributed by atoms with Crippen molar-refractivity contribution in [2.45, 2.75) is 6.54 Å². The Labute approximate surface area is 107 Å². The van der Waals surface area contributed by atoms with Gasteiger partial charge in [-0.25, -0.2) is 0 Å². The summed E-state index contributed by atoms with van der Waals surface area (Å²) < 4.78 is 2.37. The Bertz CT molecular complexity index is 640. The van der Waals surface area contributed by atoms with Gasteiger partial charge in [0.25, 0.3) is 5.56 Å². The molecule has 0 saturated heterocycles. The van der Waals surface area contributed by atoms with Crippen molar-refractivity contribution in [1.29, 1.82) is 5.26 Å². The van der Waals surface area contributed by atoms with Crippen LogP contribution in [0.1, 0.15) is 11.1 Å². The highest BCUT2D eigenvalue weighted by Crippen LogP contribution is 2.07. The molecule has 0 aliphatic heterocycles. The number of benzene rings is 1. The van der Waals surface area contributed by atoms with E-state index in [0.29, 0.717) is 12.1 Å². The van der Waals surface area contributed by atoms with Gasteiger partial charge in [-0.15, -0.1) is 0 Å². The lowest BCUT2D eigenvalue weighted by Gasteiger charge is -2.05. The van der Waals surface area contributed by atoms with E-state index in [2.05, 4.69) is 22.0 Å². The fourth-order valence-corrected chi connectivity index (χ4v) is 1.86. The van der Waals surface area contributed by atoms with E-state index < -0.39 is 0 Å². The molecule has 84 valence electrons. The van der Waals surface area contributed by atoms with E-state index in [0.717, 1.165) is 10.0 Å². The molecule has 2 rings (SSSR count). The molecule has 1 heterocycles. The lowest BCUT2D eigenvalue weighted by Crippen LogP contribution is -2.18. The number of halogens is 1. The molecule has 0 amide bonds. The molecule has 0 radical (unpaired) electrons. The number of hydrogen-bond donors (Lipinski definition) is 0. The maximum absolute atomic E-state index is 11.7. The monoisotopic (exact) mass is 288 g/mol. The second-order valence-corrected chi connectivity index (χ2v) is 4.54. The summed E-state index contributed by atoms with van der Waals surface area (Å²) in [4.78, 5) is 11.7. The Kier molecular flexibility index (Phi) is 3.40. The van der Waals surface area contributed by atoms with Gasteiger partial charge >= 0.3 is 0 Å². The minimum Gasteiger partial charge on any atom is -0.311 e. The van der Waals surface area contributed by atoms with Crippen molar-refractivity contribution in [3.05, 3.63) is 68.5 Å². The fourth-order valence-electron chi connectivity index (χ4n) is 1.55. The van der Waals surface area contributed by atoms with Crippen LogP contribution >= 0.6 is 15.9 Å². The number of nitriles is 1. The Balaban J connectivity index is 2.32. The number of pyridine rings is 1. The zero-order chi connectivity index (χ0) is 12.3. The molecule has 0 spiro atoms. The summed E-state index contributed by atoms with van der Waals surface area (Å²) in [7, 11) is 0. The minimum atomic E-state index is -0.0678. The largest absolute Gasteiger partial charge is 0.311 e. The van der Waals surface area contributed by atoms with Gasteiger partial charge in [0, 0.05) is 16.7 Å². The van der Waals surface area contributed by atoms with Crippen LogP contribution in [0, 0.1) is 11.3 Å². The highest BCUT2D eigenvalue weighted by molar-refractivity contribution is 9.10. The van der Waals surface area contributed by atoms with Crippen LogP contribution < -0.4 is 5.56 Å². The van der Waals surface area contributed by atoms with Gasteiger partial charge in [-0.1, -0.05) is 28.1 Å². The van der Waals surface area contributed by atoms with Gasteiger partial charge in [0.2, 0.25) is 0 Å². The third-order valence-corrected chi connectivity index (χ3v) is 2.86. The average Bonchev–Trinajstić information content (AvgIpc) is 2.33. The number of nitrogens with zero attached hydrogens (tertiary/aromatic N) is 2. The average molecular weight is 289 g/mol. The molecule has 0 unspecified atom stereocenters. The van der Waals surface area contributed by atoms with Crippen molar-refractivity contribution in [2.24, 2.45) is 0 Å². The minimum absolute atomic E-state index is 0.0678. The zero-order valence-electron chi connectivity index (χ0n) is 8.93. The van der Waals surface area contributed by atoms with Gasteiger partial charge in [-0.2, -0.15) is 5.26 Å². The van der Waals surface area contributed by atoms with E-state index >= 15 is 0 Å². The highest BCUT2D eigenvalue weighted by atomic mass is 79.9. The Morgan fingerprint density at radius 3 is 2.82 bits per heavy atom. The number of rotatable bonds is 2. The summed E-state index contributed by atoms with van der Waals surface area (Å²) in [6.07, 6.45) is 1.73. The predicted molar refractivity (Wildman–Crippen MR) is 68.7 cm³/mol. The Hall–Kier alpha value is -1.86. The second-order valence-electron chi connectivity index (χ2n) is 3.62. The smallest absolute Gasteiger partial charge is 0.251 e. The summed E-state index contributed by atoms with van der Waals surface area (Å²) in [6.45, 7) is 0.474. The molecule has 1 aromatic carbocycles. The van der Waals surface area contributed by atoms with Crippen molar-refractivity contribution in [3.8, 4) is 6.07 Å². The molecule has 0 fully saturated rings. The van der Waals surface area contributed by atoms with Crippen LogP contribution in [0.25, 0.3) is 0 Å². The van der Waals surface area contributed by atoms with Crippen LogP contribution in [0.4, 0.5) is 0 Å². The van der Waals surface area contributed by atoms with Crippen molar-refractivity contribution in [1.82, 2.24) is 4.57 Å². The second kappa shape index (κ2) is 4.98. The summed E-state index contributed by atoms with van der Waals surface area (Å²) in [5.74, 6) is 0.